The topological polar surface area (TPSA) is 74.6 Å². The Bertz CT molecular complexity index is 846. The van der Waals surface area contributed by atoms with Gasteiger partial charge in [-0.1, -0.05) is 30.3 Å². The van der Waals surface area contributed by atoms with Gasteiger partial charge in [0, 0.05) is 36.2 Å². The first-order valence-corrected chi connectivity index (χ1v) is 7.37. The standard InChI is InChI=1S/C18H16N4/c19-18(20)13-6-5-12-8-15(22-17(12)9-13)10-14-7-11-3-1-2-4-16(11)21-14/h1-6,9H,7-8,10H2,(H3,19,20). The third-order valence-electron chi connectivity index (χ3n) is 4.14. The van der Waals surface area contributed by atoms with Crippen LogP contribution in [0.4, 0.5) is 11.4 Å². The molecule has 0 amide bonds. The lowest BCUT2D eigenvalue weighted by atomic mass is 10.0. The van der Waals surface area contributed by atoms with Crippen molar-refractivity contribution < 1.29 is 0 Å². The number of fused-ring (bicyclic) bond motifs is 2. The summed E-state index contributed by atoms with van der Waals surface area (Å²) in [6, 6.07) is 14.1. The van der Waals surface area contributed by atoms with E-state index in [-0.39, 0.29) is 5.84 Å². The van der Waals surface area contributed by atoms with Crippen molar-refractivity contribution in [3.8, 4) is 0 Å². The lowest BCUT2D eigenvalue weighted by Crippen LogP contribution is -2.10. The maximum atomic E-state index is 7.51. The monoisotopic (exact) mass is 288 g/mol. The van der Waals surface area contributed by atoms with Gasteiger partial charge in [-0.15, -0.1) is 0 Å². The molecule has 2 aromatic carbocycles. The Kier molecular flexibility index (Phi) is 2.89. The fourth-order valence-electron chi connectivity index (χ4n) is 3.05. The lowest BCUT2D eigenvalue weighted by molar-refractivity contribution is 1.30. The van der Waals surface area contributed by atoms with Crippen LogP contribution in [-0.4, -0.2) is 17.3 Å². The van der Waals surface area contributed by atoms with Crippen LogP contribution in [0.5, 0.6) is 0 Å². The van der Waals surface area contributed by atoms with Crippen LogP contribution >= 0.6 is 0 Å². The summed E-state index contributed by atoms with van der Waals surface area (Å²) in [7, 11) is 0. The number of nitrogens with one attached hydrogen (secondary N) is 1. The Hall–Kier alpha value is -2.75. The molecule has 0 bridgehead atoms. The number of hydrogen-bond donors (Lipinski definition) is 2. The van der Waals surface area contributed by atoms with Crippen LogP contribution in [-0.2, 0) is 12.8 Å². The molecule has 0 unspecified atom stereocenters. The number of aliphatic imine (C=N–C) groups is 2. The van der Waals surface area contributed by atoms with Crippen LogP contribution in [0.15, 0.2) is 52.4 Å². The zero-order chi connectivity index (χ0) is 15.1. The largest absolute Gasteiger partial charge is 0.384 e. The average Bonchev–Trinajstić information content (AvgIpc) is 3.08. The average molecular weight is 288 g/mol. The molecule has 0 spiro atoms. The molecule has 2 heterocycles. The van der Waals surface area contributed by atoms with E-state index in [0.29, 0.717) is 0 Å². The molecule has 22 heavy (non-hydrogen) atoms. The van der Waals surface area contributed by atoms with Gasteiger partial charge >= 0.3 is 0 Å². The molecule has 4 rings (SSSR count). The Morgan fingerprint density at radius 1 is 0.955 bits per heavy atom. The van der Waals surface area contributed by atoms with E-state index >= 15 is 0 Å². The molecule has 2 aliphatic rings. The molecule has 0 aromatic heterocycles. The Labute approximate surface area is 128 Å². The molecule has 0 aliphatic carbocycles. The first kappa shape index (κ1) is 13.0. The number of para-hydroxylation sites is 1. The summed E-state index contributed by atoms with van der Waals surface area (Å²) in [5, 5.41) is 7.51. The number of nitrogen functional groups attached to an aromatic ring is 1. The van der Waals surface area contributed by atoms with Gasteiger partial charge in [0.25, 0.3) is 0 Å². The third-order valence-corrected chi connectivity index (χ3v) is 4.14. The van der Waals surface area contributed by atoms with Crippen LogP contribution < -0.4 is 5.73 Å². The minimum atomic E-state index is 0.0852. The molecule has 2 aromatic rings. The highest BCUT2D eigenvalue weighted by Crippen LogP contribution is 2.31. The summed E-state index contributed by atoms with van der Waals surface area (Å²) in [6.07, 6.45) is 2.60. The lowest BCUT2D eigenvalue weighted by Gasteiger charge is -2.01. The summed E-state index contributed by atoms with van der Waals surface area (Å²) in [5.41, 5.74) is 13.1. The fourth-order valence-corrected chi connectivity index (χ4v) is 3.05. The maximum absolute atomic E-state index is 7.51. The summed E-state index contributed by atoms with van der Waals surface area (Å²) < 4.78 is 0. The number of benzene rings is 2. The summed E-state index contributed by atoms with van der Waals surface area (Å²) in [4.78, 5) is 9.41. The smallest absolute Gasteiger partial charge is 0.122 e. The second-order valence-corrected chi connectivity index (χ2v) is 5.77. The molecular weight excluding hydrogens is 272 g/mol. The Morgan fingerprint density at radius 3 is 2.36 bits per heavy atom. The van der Waals surface area contributed by atoms with Gasteiger partial charge in [0.05, 0.1) is 11.4 Å². The molecule has 0 fully saturated rings. The van der Waals surface area contributed by atoms with Crippen molar-refractivity contribution in [2.75, 3.05) is 0 Å². The molecule has 2 aliphatic heterocycles. The van der Waals surface area contributed by atoms with Crippen molar-refractivity contribution in [2.45, 2.75) is 19.3 Å². The SMILES string of the molecule is N=C(N)c1ccc2c(c1)N=C(CC1=Nc3ccccc3C1)C2. The van der Waals surface area contributed by atoms with Gasteiger partial charge in [0.1, 0.15) is 5.84 Å². The van der Waals surface area contributed by atoms with Crippen molar-refractivity contribution in [2.24, 2.45) is 15.7 Å². The first-order chi connectivity index (χ1) is 10.7. The van der Waals surface area contributed by atoms with Crippen molar-refractivity contribution in [1.29, 1.82) is 5.41 Å². The van der Waals surface area contributed by atoms with E-state index in [9.17, 15) is 0 Å². The number of nitrogens with two attached hydrogens (primary N) is 1. The summed E-state index contributed by atoms with van der Waals surface area (Å²) in [6.45, 7) is 0. The minimum absolute atomic E-state index is 0.0852. The quantitative estimate of drug-likeness (QED) is 0.660. The van der Waals surface area contributed by atoms with Crippen molar-refractivity contribution in [1.82, 2.24) is 0 Å². The van der Waals surface area contributed by atoms with Crippen LogP contribution in [0.3, 0.4) is 0 Å². The van der Waals surface area contributed by atoms with E-state index in [1.54, 1.807) is 0 Å². The molecular formula is C18H16N4. The van der Waals surface area contributed by atoms with Crippen LogP contribution in [0.1, 0.15) is 23.1 Å². The van der Waals surface area contributed by atoms with E-state index < -0.39 is 0 Å². The van der Waals surface area contributed by atoms with Gasteiger partial charge in [0.2, 0.25) is 0 Å². The molecule has 0 saturated carbocycles. The van der Waals surface area contributed by atoms with Crippen molar-refractivity contribution in [3.05, 3.63) is 59.2 Å². The van der Waals surface area contributed by atoms with Gasteiger partial charge in [-0.05, 0) is 23.3 Å². The molecule has 4 nitrogen and oxygen atoms in total. The van der Waals surface area contributed by atoms with Crippen LogP contribution in [0.2, 0.25) is 0 Å². The second-order valence-electron chi connectivity index (χ2n) is 5.77. The number of rotatable bonds is 3. The Morgan fingerprint density at radius 2 is 1.64 bits per heavy atom. The summed E-state index contributed by atoms with van der Waals surface area (Å²) >= 11 is 0. The van der Waals surface area contributed by atoms with E-state index in [4.69, 9.17) is 21.1 Å². The molecule has 0 radical (unpaired) electrons. The van der Waals surface area contributed by atoms with E-state index in [0.717, 1.165) is 41.9 Å². The van der Waals surface area contributed by atoms with Gasteiger partial charge < -0.3 is 5.73 Å². The van der Waals surface area contributed by atoms with Crippen LogP contribution in [0, 0.1) is 5.41 Å². The predicted molar refractivity (Wildman–Crippen MR) is 90.1 cm³/mol. The second kappa shape index (κ2) is 4.91. The van der Waals surface area contributed by atoms with Gasteiger partial charge in [-0.2, -0.15) is 0 Å². The first-order valence-electron chi connectivity index (χ1n) is 7.37. The molecule has 0 saturated heterocycles. The van der Waals surface area contributed by atoms with Crippen molar-refractivity contribution >= 4 is 28.6 Å². The van der Waals surface area contributed by atoms with E-state index in [1.165, 1.54) is 16.8 Å². The highest BCUT2D eigenvalue weighted by molar-refractivity contribution is 6.11. The maximum Gasteiger partial charge on any atom is 0.122 e. The molecule has 3 N–H and O–H groups in total. The van der Waals surface area contributed by atoms with Gasteiger partial charge in [0.15, 0.2) is 0 Å². The Balaban J connectivity index is 1.54. The fraction of sp³-hybridized carbons (Fsp3) is 0.167. The zero-order valence-electron chi connectivity index (χ0n) is 12.1. The minimum Gasteiger partial charge on any atom is -0.384 e. The number of hydrogen-bond acceptors (Lipinski definition) is 3. The number of nitrogens with zero attached hydrogens (tertiary/aromatic N) is 2. The summed E-state index contributed by atoms with van der Waals surface area (Å²) in [5.74, 6) is 0.0852. The molecule has 108 valence electrons. The van der Waals surface area contributed by atoms with Crippen LogP contribution in [0.25, 0.3) is 0 Å². The number of amidine groups is 1. The van der Waals surface area contributed by atoms with E-state index in [1.807, 2.05) is 24.3 Å². The third kappa shape index (κ3) is 2.22. The van der Waals surface area contributed by atoms with Crippen molar-refractivity contribution in [3.63, 3.8) is 0 Å². The normalized spacial score (nSPS) is 15.1. The predicted octanol–water partition coefficient (Wildman–Crippen LogP) is 3.32. The highest BCUT2D eigenvalue weighted by Gasteiger charge is 2.20. The van der Waals surface area contributed by atoms with Gasteiger partial charge in [-0.3, -0.25) is 15.4 Å². The molecule has 0 atom stereocenters. The van der Waals surface area contributed by atoms with E-state index in [2.05, 4.69) is 18.2 Å². The molecule has 4 heteroatoms. The zero-order valence-corrected chi connectivity index (χ0v) is 12.1. The van der Waals surface area contributed by atoms with Gasteiger partial charge in [-0.25, -0.2) is 0 Å². The highest BCUT2D eigenvalue weighted by atomic mass is 14.8.